The van der Waals surface area contributed by atoms with E-state index in [1.807, 2.05) is 12.1 Å². The topological polar surface area (TPSA) is 75.6 Å². The summed E-state index contributed by atoms with van der Waals surface area (Å²) in [6, 6.07) is 4.80. The number of nitrogens with one attached hydrogen (secondary N) is 1. The number of fused-ring (bicyclic) bond motifs is 1. The maximum Gasteiger partial charge on any atom is 0.225 e. The summed E-state index contributed by atoms with van der Waals surface area (Å²) in [5.41, 5.74) is 1.07. The molecule has 0 aliphatic carbocycles. The maximum absolute atomic E-state index is 14.4. The second-order valence-corrected chi connectivity index (χ2v) is 8.57. The molecule has 4 heterocycles. The predicted molar refractivity (Wildman–Crippen MR) is 125 cm³/mol. The van der Waals surface area contributed by atoms with Crippen molar-refractivity contribution in [3.63, 3.8) is 0 Å². The van der Waals surface area contributed by atoms with Gasteiger partial charge in [0.1, 0.15) is 12.4 Å². The Hall–Kier alpha value is -3.76. The van der Waals surface area contributed by atoms with Gasteiger partial charge in [-0.15, -0.1) is 0 Å². The molecule has 1 N–H and O–H groups in total. The molecule has 0 saturated carbocycles. The molecular formula is C24H25F3N6O2. The van der Waals surface area contributed by atoms with Crippen molar-refractivity contribution in [2.75, 3.05) is 49.0 Å². The Bertz CT molecular complexity index is 1220. The number of benzene rings is 1. The molecule has 11 heteroatoms. The van der Waals surface area contributed by atoms with E-state index in [0.29, 0.717) is 29.5 Å². The van der Waals surface area contributed by atoms with E-state index in [-0.39, 0.29) is 18.2 Å². The number of piperidine rings is 1. The van der Waals surface area contributed by atoms with Crippen LogP contribution in [0.3, 0.4) is 0 Å². The van der Waals surface area contributed by atoms with Crippen LogP contribution in [0.25, 0.3) is 0 Å². The molecule has 2 aliphatic heterocycles. The minimum absolute atomic E-state index is 0.00489. The van der Waals surface area contributed by atoms with E-state index in [9.17, 15) is 13.2 Å². The highest BCUT2D eigenvalue weighted by Gasteiger charge is 2.31. The zero-order chi connectivity index (χ0) is 24.5. The van der Waals surface area contributed by atoms with E-state index >= 15 is 0 Å². The Balaban J connectivity index is 1.27. The summed E-state index contributed by atoms with van der Waals surface area (Å²) in [6.45, 7) is 1.74. The molecule has 1 fully saturated rings. The number of anilines is 3. The molecule has 184 valence electrons. The first kappa shape index (κ1) is 23.0. The zero-order valence-electron chi connectivity index (χ0n) is 19.3. The number of ether oxygens (including phenoxy) is 2. The van der Waals surface area contributed by atoms with E-state index in [4.69, 9.17) is 9.47 Å². The third kappa shape index (κ3) is 4.62. The van der Waals surface area contributed by atoms with E-state index in [1.165, 1.54) is 0 Å². The molecule has 3 aromatic rings. The third-order valence-electron chi connectivity index (χ3n) is 6.45. The molecule has 0 spiro atoms. The molecule has 1 atom stereocenters. The number of pyridine rings is 1. The number of rotatable bonds is 5. The molecule has 2 aromatic heterocycles. The van der Waals surface area contributed by atoms with Gasteiger partial charge in [0, 0.05) is 55.8 Å². The number of hydrogen-bond donors (Lipinski definition) is 1. The lowest BCUT2D eigenvalue weighted by molar-refractivity contribution is 0.261. The molecule has 35 heavy (non-hydrogen) atoms. The lowest BCUT2D eigenvalue weighted by Gasteiger charge is -2.36. The lowest BCUT2D eigenvalue weighted by Crippen LogP contribution is -2.39. The molecular weight excluding hydrogens is 461 g/mol. The summed E-state index contributed by atoms with van der Waals surface area (Å²) >= 11 is 0. The summed E-state index contributed by atoms with van der Waals surface area (Å²) in [5.74, 6) is -1.27. The van der Waals surface area contributed by atoms with Crippen LogP contribution in [-0.2, 0) is 0 Å². The van der Waals surface area contributed by atoms with Crippen molar-refractivity contribution in [2.24, 2.45) is 0 Å². The number of hydrogen-bond acceptors (Lipinski definition) is 8. The Morgan fingerprint density at radius 3 is 2.60 bits per heavy atom. The molecule has 0 bridgehead atoms. The predicted octanol–water partition coefficient (Wildman–Crippen LogP) is 3.95. The quantitative estimate of drug-likeness (QED) is 0.544. The summed E-state index contributed by atoms with van der Waals surface area (Å²) in [4.78, 5) is 17.1. The SMILES string of the molecule is COc1cc(N2CCC(Nc3ncc4c(n3)N(C)C(c3cc(F)c(F)cc3F)CO4)CC2)ccn1. The molecule has 0 radical (unpaired) electrons. The molecule has 1 unspecified atom stereocenters. The number of nitrogens with zero attached hydrogens (tertiary/aromatic N) is 5. The van der Waals surface area contributed by atoms with Crippen LogP contribution in [0.1, 0.15) is 24.4 Å². The van der Waals surface area contributed by atoms with Crippen molar-refractivity contribution < 1.29 is 22.6 Å². The van der Waals surface area contributed by atoms with Gasteiger partial charge in [0.25, 0.3) is 0 Å². The first-order chi connectivity index (χ1) is 16.9. The van der Waals surface area contributed by atoms with E-state index < -0.39 is 23.5 Å². The highest BCUT2D eigenvalue weighted by molar-refractivity contribution is 5.57. The molecule has 1 aromatic carbocycles. The molecule has 1 saturated heterocycles. The minimum atomic E-state index is -1.23. The van der Waals surface area contributed by atoms with Crippen molar-refractivity contribution in [1.29, 1.82) is 0 Å². The Morgan fingerprint density at radius 1 is 1.06 bits per heavy atom. The van der Waals surface area contributed by atoms with Gasteiger partial charge >= 0.3 is 0 Å². The highest BCUT2D eigenvalue weighted by atomic mass is 19.2. The van der Waals surface area contributed by atoms with Crippen LogP contribution in [0.15, 0.2) is 36.7 Å². The fourth-order valence-corrected chi connectivity index (χ4v) is 4.48. The van der Waals surface area contributed by atoms with Crippen LogP contribution in [0, 0.1) is 17.5 Å². The maximum atomic E-state index is 14.4. The van der Waals surface area contributed by atoms with Crippen LogP contribution < -0.4 is 24.6 Å². The second-order valence-electron chi connectivity index (χ2n) is 8.57. The van der Waals surface area contributed by atoms with Crippen LogP contribution >= 0.6 is 0 Å². The van der Waals surface area contributed by atoms with Gasteiger partial charge in [0.15, 0.2) is 23.2 Å². The fraction of sp³-hybridized carbons (Fsp3) is 0.375. The summed E-state index contributed by atoms with van der Waals surface area (Å²) in [5, 5.41) is 3.38. The van der Waals surface area contributed by atoms with Gasteiger partial charge in [-0.3, -0.25) is 0 Å². The van der Waals surface area contributed by atoms with Crippen molar-refractivity contribution in [1.82, 2.24) is 15.0 Å². The van der Waals surface area contributed by atoms with E-state index in [1.54, 1.807) is 31.5 Å². The normalized spacial score (nSPS) is 18.1. The average Bonchev–Trinajstić information content (AvgIpc) is 2.87. The van der Waals surface area contributed by atoms with Crippen molar-refractivity contribution >= 4 is 17.5 Å². The smallest absolute Gasteiger partial charge is 0.225 e. The minimum Gasteiger partial charge on any atom is -0.486 e. The van der Waals surface area contributed by atoms with Gasteiger partial charge in [-0.25, -0.2) is 23.1 Å². The van der Waals surface area contributed by atoms with Gasteiger partial charge in [-0.2, -0.15) is 4.98 Å². The van der Waals surface area contributed by atoms with Crippen LogP contribution in [-0.4, -0.2) is 54.8 Å². The monoisotopic (exact) mass is 486 g/mol. The zero-order valence-corrected chi connectivity index (χ0v) is 19.3. The summed E-state index contributed by atoms with van der Waals surface area (Å²) in [7, 11) is 3.31. The Kier molecular flexibility index (Phi) is 6.23. The standard InChI is InChI=1S/C24H25F3N6O2/c1-32-20(16-10-18(26)19(27)11-17(16)25)13-35-21-12-29-24(31-23(21)32)30-14-4-7-33(8-5-14)15-3-6-28-22(9-15)34-2/h3,6,9-12,14,20H,4-5,7-8,13H2,1-2H3,(H,29,30,31). The first-order valence-electron chi connectivity index (χ1n) is 11.3. The lowest BCUT2D eigenvalue weighted by atomic mass is 10.0. The van der Waals surface area contributed by atoms with Gasteiger partial charge in [0.2, 0.25) is 11.8 Å². The fourth-order valence-electron chi connectivity index (χ4n) is 4.48. The number of aromatic nitrogens is 3. The number of methoxy groups -OCH3 is 1. The van der Waals surface area contributed by atoms with Crippen molar-refractivity contribution in [3.8, 4) is 11.6 Å². The first-order valence-corrected chi connectivity index (χ1v) is 11.3. The molecule has 0 amide bonds. The van der Waals surface area contributed by atoms with Gasteiger partial charge in [-0.1, -0.05) is 0 Å². The van der Waals surface area contributed by atoms with Crippen LogP contribution in [0.2, 0.25) is 0 Å². The number of likely N-dealkylation sites (N-methyl/N-ethyl adjacent to an activating group) is 1. The van der Waals surface area contributed by atoms with Crippen molar-refractivity contribution in [3.05, 3.63) is 59.7 Å². The van der Waals surface area contributed by atoms with Gasteiger partial charge in [-0.05, 0) is 25.0 Å². The molecule has 2 aliphatic rings. The Morgan fingerprint density at radius 2 is 1.83 bits per heavy atom. The second kappa shape index (κ2) is 9.47. The summed E-state index contributed by atoms with van der Waals surface area (Å²) < 4.78 is 52.5. The van der Waals surface area contributed by atoms with Gasteiger partial charge in [0.05, 0.1) is 19.3 Å². The highest BCUT2D eigenvalue weighted by Crippen LogP contribution is 2.38. The third-order valence-corrected chi connectivity index (χ3v) is 6.45. The van der Waals surface area contributed by atoms with Crippen LogP contribution in [0.4, 0.5) is 30.6 Å². The average molecular weight is 486 g/mol. The van der Waals surface area contributed by atoms with Gasteiger partial charge < -0.3 is 24.6 Å². The summed E-state index contributed by atoms with van der Waals surface area (Å²) in [6.07, 6.45) is 5.05. The Labute approximate surface area is 200 Å². The molecule has 8 nitrogen and oxygen atoms in total. The van der Waals surface area contributed by atoms with E-state index in [0.717, 1.165) is 37.7 Å². The number of halogens is 3. The van der Waals surface area contributed by atoms with E-state index in [2.05, 4.69) is 25.2 Å². The molecule has 5 rings (SSSR count). The largest absolute Gasteiger partial charge is 0.486 e. The van der Waals surface area contributed by atoms with Crippen molar-refractivity contribution in [2.45, 2.75) is 24.9 Å². The van der Waals surface area contributed by atoms with Crippen LogP contribution in [0.5, 0.6) is 11.6 Å².